The lowest BCUT2D eigenvalue weighted by molar-refractivity contribution is -0.386. The SMILES string of the molecule is NC[C@@H](O)c1ccc(Br)cc1[N+](=O)[O-]. The Morgan fingerprint density at radius 3 is 2.79 bits per heavy atom. The summed E-state index contributed by atoms with van der Waals surface area (Å²) < 4.78 is 0.595. The molecule has 0 amide bonds. The van der Waals surface area contributed by atoms with E-state index in [1.807, 2.05) is 0 Å². The van der Waals surface area contributed by atoms with Gasteiger partial charge in [-0.15, -0.1) is 0 Å². The highest BCUT2D eigenvalue weighted by atomic mass is 79.9. The molecule has 0 saturated heterocycles. The maximum Gasteiger partial charge on any atom is 0.276 e. The highest BCUT2D eigenvalue weighted by Gasteiger charge is 2.19. The predicted molar refractivity (Wildman–Crippen MR) is 54.8 cm³/mol. The number of benzene rings is 1. The minimum atomic E-state index is -0.997. The van der Waals surface area contributed by atoms with Crippen LogP contribution in [0.1, 0.15) is 11.7 Å². The van der Waals surface area contributed by atoms with Gasteiger partial charge < -0.3 is 10.8 Å². The van der Waals surface area contributed by atoms with Crippen LogP contribution in [-0.2, 0) is 0 Å². The molecular formula is C8H9BrN2O3. The minimum Gasteiger partial charge on any atom is -0.387 e. The van der Waals surface area contributed by atoms with Crippen molar-refractivity contribution in [2.24, 2.45) is 5.73 Å². The quantitative estimate of drug-likeness (QED) is 0.634. The second-order valence-corrected chi connectivity index (χ2v) is 3.63. The van der Waals surface area contributed by atoms with Crippen LogP contribution < -0.4 is 5.73 Å². The topological polar surface area (TPSA) is 89.4 Å². The second kappa shape index (κ2) is 4.50. The van der Waals surface area contributed by atoms with E-state index in [0.29, 0.717) is 4.47 Å². The molecule has 0 saturated carbocycles. The van der Waals surface area contributed by atoms with Gasteiger partial charge in [-0.1, -0.05) is 15.9 Å². The Kier molecular flexibility index (Phi) is 3.56. The molecular weight excluding hydrogens is 252 g/mol. The Hall–Kier alpha value is -0.980. The first kappa shape index (κ1) is 11.1. The molecule has 0 heterocycles. The number of rotatable bonds is 3. The van der Waals surface area contributed by atoms with E-state index in [1.165, 1.54) is 12.1 Å². The summed E-state index contributed by atoms with van der Waals surface area (Å²) in [6, 6.07) is 4.45. The summed E-state index contributed by atoms with van der Waals surface area (Å²) >= 11 is 3.12. The number of aliphatic hydroxyl groups excluding tert-OH is 1. The van der Waals surface area contributed by atoms with Crippen molar-refractivity contribution in [1.29, 1.82) is 0 Å². The zero-order valence-electron chi connectivity index (χ0n) is 7.18. The smallest absolute Gasteiger partial charge is 0.276 e. The molecule has 0 spiro atoms. The van der Waals surface area contributed by atoms with Crippen LogP contribution in [0.15, 0.2) is 22.7 Å². The van der Waals surface area contributed by atoms with Crippen LogP contribution in [0.2, 0.25) is 0 Å². The molecule has 5 nitrogen and oxygen atoms in total. The van der Waals surface area contributed by atoms with E-state index in [9.17, 15) is 15.2 Å². The number of nitro benzene ring substituents is 1. The van der Waals surface area contributed by atoms with E-state index in [1.54, 1.807) is 6.07 Å². The Morgan fingerprint density at radius 1 is 1.64 bits per heavy atom. The molecule has 1 atom stereocenters. The van der Waals surface area contributed by atoms with E-state index in [0.717, 1.165) is 0 Å². The zero-order valence-corrected chi connectivity index (χ0v) is 8.77. The highest BCUT2D eigenvalue weighted by Crippen LogP contribution is 2.27. The molecule has 0 aliphatic carbocycles. The van der Waals surface area contributed by atoms with Gasteiger partial charge in [-0.3, -0.25) is 10.1 Å². The third kappa shape index (κ3) is 2.28. The second-order valence-electron chi connectivity index (χ2n) is 2.71. The number of hydrogen-bond donors (Lipinski definition) is 2. The average molecular weight is 261 g/mol. The fourth-order valence-corrected chi connectivity index (χ4v) is 1.43. The van der Waals surface area contributed by atoms with Crippen molar-refractivity contribution >= 4 is 21.6 Å². The Morgan fingerprint density at radius 2 is 2.29 bits per heavy atom. The first-order chi connectivity index (χ1) is 6.56. The molecule has 1 aromatic rings. The van der Waals surface area contributed by atoms with Gasteiger partial charge in [0.05, 0.1) is 16.6 Å². The lowest BCUT2D eigenvalue weighted by atomic mass is 10.1. The van der Waals surface area contributed by atoms with Crippen molar-refractivity contribution in [3.05, 3.63) is 38.3 Å². The first-order valence-electron chi connectivity index (χ1n) is 3.88. The largest absolute Gasteiger partial charge is 0.387 e. The molecule has 0 unspecified atom stereocenters. The van der Waals surface area contributed by atoms with Gasteiger partial charge in [0.25, 0.3) is 5.69 Å². The number of nitrogens with two attached hydrogens (primary N) is 1. The standard InChI is InChI=1S/C8H9BrN2O3/c9-5-1-2-6(8(12)4-10)7(3-5)11(13)14/h1-3,8,12H,4,10H2/t8-/m1/s1. The predicted octanol–water partition coefficient (Wildman–Crippen LogP) is 1.35. The van der Waals surface area contributed by atoms with E-state index < -0.39 is 11.0 Å². The van der Waals surface area contributed by atoms with E-state index in [2.05, 4.69) is 15.9 Å². The van der Waals surface area contributed by atoms with Gasteiger partial charge in [0.15, 0.2) is 0 Å². The van der Waals surface area contributed by atoms with Gasteiger partial charge in [-0.05, 0) is 12.1 Å². The third-order valence-corrected chi connectivity index (χ3v) is 2.26. The molecule has 6 heteroatoms. The van der Waals surface area contributed by atoms with Crippen LogP contribution in [0.4, 0.5) is 5.69 Å². The molecule has 1 rings (SSSR count). The van der Waals surface area contributed by atoms with Crippen molar-refractivity contribution in [1.82, 2.24) is 0 Å². The number of aliphatic hydroxyl groups is 1. The average Bonchev–Trinajstić information content (AvgIpc) is 2.16. The van der Waals surface area contributed by atoms with Crippen molar-refractivity contribution in [2.45, 2.75) is 6.10 Å². The molecule has 0 bridgehead atoms. The molecule has 0 aromatic heterocycles. The number of halogens is 1. The van der Waals surface area contributed by atoms with Crippen molar-refractivity contribution in [3.8, 4) is 0 Å². The summed E-state index contributed by atoms with van der Waals surface area (Å²) in [6.07, 6.45) is -0.997. The monoisotopic (exact) mass is 260 g/mol. The van der Waals surface area contributed by atoms with Gasteiger partial charge in [-0.25, -0.2) is 0 Å². The molecule has 14 heavy (non-hydrogen) atoms. The first-order valence-corrected chi connectivity index (χ1v) is 4.67. The van der Waals surface area contributed by atoms with Crippen LogP contribution in [0.3, 0.4) is 0 Å². The third-order valence-electron chi connectivity index (χ3n) is 1.77. The zero-order chi connectivity index (χ0) is 10.7. The summed E-state index contributed by atoms with van der Waals surface area (Å²) in [6.45, 7) is -0.0392. The van der Waals surface area contributed by atoms with Crippen molar-refractivity contribution in [2.75, 3.05) is 6.54 Å². The summed E-state index contributed by atoms with van der Waals surface area (Å²) in [5, 5.41) is 20.0. The Balaban J connectivity index is 3.21. The molecule has 76 valence electrons. The molecule has 3 N–H and O–H groups in total. The maximum atomic E-state index is 10.6. The molecule has 0 radical (unpaired) electrons. The Labute approximate surface area is 88.8 Å². The van der Waals surface area contributed by atoms with E-state index in [-0.39, 0.29) is 17.8 Å². The van der Waals surface area contributed by atoms with Crippen molar-refractivity contribution < 1.29 is 10.0 Å². The Bertz CT molecular complexity index is 356. The molecule has 1 aromatic carbocycles. The fourth-order valence-electron chi connectivity index (χ4n) is 1.08. The fraction of sp³-hybridized carbons (Fsp3) is 0.250. The van der Waals surface area contributed by atoms with Gasteiger partial charge in [0.2, 0.25) is 0 Å². The number of nitro groups is 1. The van der Waals surface area contributed by atoms with E-state index >= 15 is 0 Å². The summed E-state index contributed by atoms with van der Waals surface area (Å²) in [7, 11) is 0. The normalized spacial score (nSPS) is 12.5. The van der Waals surface area contributed by atoms with Crippen LogP contribution in [0, 0.1) is 10.1 Å². The van der Waals surface area contributed by atoms with Gasteiger partial charge in [-0.2, -0.15) is 0 Å². The van der Waals surface area contributed by atoms with Crippen molar-refractivity contribution in [3.63, 3.8) is 0 Å². The molecule has 0 aliphatic rings. The number of nitrogens with zero attached hydrogens (tertiary/aromatic N) is 1. The lowest BCUT2D eigenvalue weighted by Gasteiger charge is -2.08. The minimum absolute atomic E-state index is 0.0392. The van der Waals surface area contributed by atoms with Gasteiger partial charge in [0, 0.05) is 17.1 Å². The van der Waals surface area contributed by atoms with Crippen LogP contribution in [-0.4, -0.2) is 16.6 Å². The lowest BCUT2D eigenvalue weighted by Crippen LogP contribution is -2.13. The summed E-state index contributed by atoms with van der Waals surface area (Å²) in [5.41, 5.74) is 5.34. The molecule has 0 aliphatic heterocycles. The summed E-state index contributed by atoms with van der Waals surface area (Å²) in [4.78, 5) is 10.1. The van der Waals surface area contributed by atoms with Crippen LogP contribution >= 0.6 is 15.9 Å². The van der Waals surface area contributed by atoms with Crippen LogP contribution in [0.5, 0.6) is 0 Å². The van der Waals surface area contributed by atoms with Gasteiger partial charge in [0.1, 0.15) is 0 Å². The molecule has 0 fully saturated rings. The summed E-state index contributed by atoms with van der Waals surface area (Å²) in [5.74, 6) is 0. The highest BCUT2D eigenvalue weighted by molar-refractivity contribution is 9.10. The van der Waals surface area contributed by atoms with Gasteiger partial charge >= 0.3 is 0 Å². The number of hydrogen-bond acceptors (Lipinski definition) is 4. The van der Waals surface area contributed by atoms with Crippen LogP contribution in [0.25, 0.3) is 0 Å². The van der Waals surface area contributed by atoms with E-state index in [4.69, 9.17) is 5.73 Å². The maximum absolute atomic E-state index is 10.6.